The number of rotatable bonds is 6. The minimum absolute atomic E-state index is 0.0611. The molecule has 3 N–H and O–H groups in total. The number of hydrogen-bond acceptors (Lipinski definition) is 8. The Morgan fingerprint density at radius 3 is 2.86 bits per heavy atom. The van der Waals surface area contributed by atoms with Gasteiger partial charge in [-0.25, -0.2) is 10.8 Å². The van der Waals surface area contributed by atoms with E-state index in [1.807, 2.05) is 18.2 Å². The summed E-state index contributed by atoms with van der Waals surface area (Å²) in [6.45, 7) is 1.70. The molecule has 0 fully saturated rings. The lowest BCUT2D eigenvalue weighted by Gasteiger charge is -2.08. The summed E-state index contributed by atoms with van der Waals surface area (Å²) >= 11 is 0. The quantitative estimate of drug-likeness (QED) is 0.458. The van der Waals surface area contributed by atoms with Gasteiger partial charge in [0.15, 0.2) is 0 Å². The van der Waals surface area contributed by atoms with Crippen molar-refractivity contribution in [2.24, 2.45) is 5.84 Å². The van der Waals surface area contributed by atoms with Crippen LogP contribution < -0.4 is 16.0 Å². The molecule has 2 aromatic rings. The molecule has 0 aliphatic rings. The van der Waals surface area contributed by atoms with E-state index in [1.165, 1.54) is 6.92 Å². The third-order valence-corrected chi connectivity index (χ3v) is 2.66. The molecule has 0 unspecified atom stereocenters. The first kappa shape index (κ1) is 14.6. The number of aromatic nitrogens is 3. The molecule has 21 heavy (non-hydrogen) atoms. The van der Waals surface area contributed by atoms with Crippen LogP contribution in [0.25, 0.3) is 0 Å². The molecular formula is C12H14N6O3. The number of pyridine rings is 1. The maximum atomic E-state index is 11.1. The standard InChI is InChI=1S/C12H14N6O3/c1-8-10(18(19)20)11(16-12(15-8)17-13)21-7-5-9-4-2-3-6-14-9/h2-4,6H,5,7,13H2,1H3,(H,15,16,17). The van der Waals surface area contributed by atoms with Gasteiger partial charge in [-0.15, -0.1) is 0 Å². The van der Waals surface area contributed by atoms with Crippen LogP contribution in [0.15, 0.2) is 24.4 Å². The molecule has 0 bridgehead atoms. The number of nitrogens with one attached hydrogen (secondary N) is 1. The highest BCUT2D eigenvalue weighted by Gasteiger charge is 2.23. The topological polar surface area (TPSA) is 129 Å². The van der Waals surface area contributed by atoms with Gasteiger partial charge in [-0.3, -0.25) is 20.5 Å². The SMILES string of the molecule is Cc1nc(NN)nc(OCCc2ccccn2)c1[N+](=O)[O-]. The largest absolute Gasteiger partial charge is 0.472 e. The van der Waals surface area contributed by atoms with Crippen molar-refractivity contribution in [3.05, 3.63) is 45.9 Å². The van der Waals surface area contributed by atoms with Crippen LogP contribution in [0.5, 0.6) is 5.88 Å². The van der Waals surface area contributed by atoms with Crippen LogP contribution in [0.4, 0.5) is 11.6 Å². The fourth-order valence-corrected chi connectivity index (χ4v) is 1.71. The minimum atomic E-state index is -0.578. The summed E-state index contributed by atoms with van der Waals surface area (Å²) in [4.78, 5) is 22.4. The number of hydrazine groups is 1. The summed E-state index contributed by atoms with van der Waals surface area (Å²) in [6, 6.07) is 5.51. The number of nitro groups is 1. The molecule has 0 spiro atoms. The number of nitrogens with zero attached hydrogens (tertiary/aromatic N) is 4. The Balaban J connectivity index is 2.14. The molecule has 9 nitrogen and oxygen atoms in total. The first-order valence-corrected chi connectivity index (χ1v) is 6.14. The Morgan fingerprint density at radius 1 is 1.43 bits per heavy atom. The van der Waals surface area contributed by atoms with Crippen LogP contribution in [0, 0.1) is 17.0 Å². The molecule has 0 saturated carbocycles. The Kier molecular flexibility index (Phi) is 4.57. The zero-order valence-electron chi connectivity index (χ0n) is 11.3. The normalized spacial score (nSPS) is 10.2. The summed E-state index contributed by atoms with van der Waals surface area (Å²) in [7, 11) is 0. The first-order chi connectivity index (χ1) is 10.1. The Hall–Kier alpha value is -2.81. The van der Waals surface area contributed by atoms with Crippen LogP contribution in [0.1, 0.15) is 11.4 Å². The van der Waals surface area contributed by atoms with E-state index in [0.717, 1.165) is 5.69 Å². The van der Waals surface area contributed by atoms with Crippen LogP contribution in [-0.2, 0) is 6.42 Å². The third-order valence-electron chi connectivity index (χ3n) is 2.66. The van der Waals surface area contributed by atoms with Crippen LogP contribution in [0.2, 0.25) is 0 Å². The Bertz CT molecular complexity index is 634. The Labute approximate surface area is 120 Å². The summed E-state index contributed by atoms with van der Waals surface area (Å²) in [5.41, 5.74) is 2.98. The van der Waals surface area contributed by atoms with Gasteiger partial charge in [-0.05, 0) is 19.1 Å². The number of nitrogens with two attached hydrogens (primary N) is 1. The van der Waals surface area contributed by atoms with E-state index < -0.39 is 4.92 Å². The maximum absolute atomic E-state index is 11.1. The molecule has 0 amide bonds. The predicted octanol–water partition coefficient (Wildman–Crippen LogP) is 0.995. The molecule has 0 aromatic carbocycles. The van der Waals surface area contributed by atoms with Crippen LogP contribution in [0.3, 0.4) is 0 Å². The van der Waals surface area contributed by atoms with Gasteiger partial charge in [0.25, 0.3) is 5.88 Å². The van der Waals surface area contributed by atoms with E-state index in [4.69, 9.17) is 10.6 Å². The first-order valence-electron chi connectivity index (χ1n) is 6.14. The van der Waals surface area contributed by atoms with Gasteiger partial charge in [-0.1, -0.05) is 6.07 Å². The minimum Gasteiger partial charge on any atom is -0.472 e. The molecule has 0 aliphatic carbocycles. The van der Waals surface area contributed by atoms with Gasteiger partial charge in [-0.2, -0.15) is 4.98 Å². The van der Waals surface area contributed by atoms with E-state index in [1.54, 1.807) is 6.20 Å². The fourth-order valence-electron chi connectivity index (χ4n) is 1.71. The molecule has 2 aromatic heterocycles. The fraction of sp³-hybridized carbons (Fsp3) is 0.250. The summed E-state index contributed by atoms with van der Waals surface area (Å²) in [5, 5.41) is 11.1. The second-order valence-electron chi connectivity index (χ2n) is 4.11. The second kappa shape index (κ2) is 6.57. The van der Waals surface area contributed by atoms with E-state index in [2.05, 4.69) is 20.4 Å². The number of nitrogen functional groups attached to an aromatic ring is 1. The lowest BCUT2D eigenvalue weighted by molar-refractivity contribution is -0.387. The monoisotopic (exact) mass is 290 g/mol. The molecule has 2 rings (SSSR count). The number of aryl methyl sites for hydroxylation is 1. The van der Waals surface area contributed by atoms with Gasteiger partial charge in [0.05, 0.1) is 11.5 Å². The molecule has 0 aliphatic heterocycles. The van der Waals surface area contributed by atoms with Gasteiger partial charge < -0.3 is 4.74 Å². The molecule has 9 heteroatoms. The van der Waals surface area contributed by atoms with E-state index in [-0.39, 0.29) is 29.8 Å². The number of ether oxygens (including phenoxy) is 1. The van der Waals surface area contributed by atoms with Gasteiger partial charge in [0, 0.05) is 18.3 Å². The molecular weight excluding hydrogens is 276 g/mol. The molecule has 0 radical (unpaired) electrons. The van der Waals surface area contributed by atoms with Gasteiger partial charge in [0.2, 0.25) is 5.95 Å². The maximum Gasteiger partial charge on any atom is 0.352 e. The number of hydrogen-bond donors (Lipinski definition) is 2. The highest BCUT2D eigenvalue weighted by atomic mass is 16.6. The van der Waals surface area contributed by atoms with Crippen molar-refractivity contribution in [1.82, 2.24) is 15.0 Å². The number of anilines is 1. The highest BCUT2D eigenvalue weighted by molar-refractivity contribution is 5.48. The lowest BCUT2D eigenvalue weighted by atomic mass is 10.3. The van der Waals surface area contributed by atoms with E-state index >= 15 is 0 Å². The van der Waals surface area contributed by atoms with Crippen LogP contribution in [-0.4, -0.2) is 26.5 Å². The average molecular weight is 290 g/mol. The predicted molar refractivity (Wildman–Crippen MR) is 74.7 cm³/mol. The molecule has 110 valence electrons. The van der Waals surface area contributed by atoms with Crippen molar-refractivity contribution in [1.29, 1.82) is 0 Å². The summed E-state index contributed by atoms with van der Waals surface area (Å²) in [6.07, 6.45) is 2.18. The van der Waals surface area contributed by atoms with E-state index in [0.29, 0.717) is 6.42 Å². The highest BCUT2D eigenvalue weighted by Crippen LogP contribution is 2.28. The van der Waals surface area contributed by atoms with Gasteiger partial charge in [0.1, 0.15) is 5.69 Å². The van der Waals surface area contributed by atoms with Crippen molar-refractivity contribution < 1.29 is 9.66 Å². The van der Waals surface area contributed by atoms with Gasteiger partial charge >= 0.3 is 5.69 Å². The van der Waals surface area contributed by atoms with E-state index in [9.17, 15) is 10.1 Å². The molecule has 2 heterocycles. The Morgan fingerprint density at radius 2 is 2.24 bits per heavy atom. The van der Waals surface area contributed by atoms with Crippen molar-refractivity contribution in [2.75, 3.05) is 12.0 Å². The molecule has 0 saturated heterocycles. The average Bonchev–Trinajstić information content (AvgIpc) is 2.47. The van der Waals surface area contributed by atoms with Crippen molar-refractivity contribution in [2.45, 2.75) is 13.3 Å². The third kappa shape index (κ3) is 3.60. The van der Waals surface area contributed by atoms with Crippen molar-refractivity contribution >= 4 is 11.6 Å². The summed E-state index contributed by atoms with van der Waals surface area (Å²) < 4.78 is 5.40. The van der Waals surface area contributed by atoms with Crippen molar-refractivity contribution in [3.8, 4) is 5.88 Å². The zero-order chi connectivity index (χ0) is 15.2. The van der Waals surface area contributed by atoms with Crippen molar-refractivity contribution in [3.63, 3.8) is 0 Å². The molecule has 0 atom stereocenters. The smallest absolute Gasteiger partial charge is 0.352 e. The van der Waals surface area contributed by atoms with Crippen LogP contribution >= 0.6 is 0 Å². The lowest BCUT2D eigenvalue weighted by Crippen LogP contribution is -2.14. The summed E-state index contributed by atoms with van der Waals surface area (Å²) in [5.74, 6) is 5.17. The second-order valence-corrected chi connectivity index (χ2v) is 4.11. The zero-order valence-corrected chi connectivity index (χ0v) is 11.3.